The smallest absolute Gasteiger partial charge is 0.165 e. The largest absolute Gasteiger partial charge is 0.497 e. The summed E-state index contributed by atoms with van der Waals surface area (Å²) in [7, 11) is 1.63. The van der Waals surface area contributed by atoms with Gasteiger partial charge in [0, 0.05) is 5.56 Å². The number of benzene rings is 2. The Morgan fingerprint density at radius 2 is 1.69 bits per heavy atom. The predicted molar refractivity (Wildman–Crippen MR) is 98.5 cm³/mol. The first kappa shape index (κ1) is 18.8. The normalized spacial score (nSPS) is 23.0. The van der Waals surface area contributed by atoms with E-state index in [9.17, 15) is 13.9 Å². The van der Waals surface area contributed by atoms with Gasteiger partial charge in [-0.05, 0) is 61.3 Å². The van der Waals surface area contributed by atoms with Gasteiger partial charge in [-0.1, -0.05) is 37.6 Å². The molecule has 0 unspecified atom stereocenters. The van der Waals surface area contributed by atoms with Crippen molar-refractivity contribution >= 4 is 0 Å². The van der Waals surface area contributed by atoms with Crippen molar-refractivity contribution in [2.45, 2.75) is 57.0 Å². The number of ether oxygens (including phenoxy) is 1. The minimum Gasteiger partial charge on any atom is -0.497 e. The topological polar surface area (TPSA) is 29.5 Å². The summed E-state index contributed by atoms with van der Waals surface area (Å²) in [6.45, 7) is 1.93. The number of rotatable bonds is 5. The Morgan fingerprint density at radius 1 is 1.04 bits per heavy atom. The van der Waals surface area contributed by atoms with E-state index in [1.165, 1.54) is 5.56 Å². The van der Waals surface area contributed by atoms with Crippen LogP contribution in [-0.4, -0.2) is 12.2 Å². The quantitative estimate of drug-likeness (QED) is 0.766. The summed E-state index contributed by atoms with van der Waals surface area (Å²) < 4.78 is 34.0. The van der Waals surface area contributed by atoms with E-state index in [-0.39, 0.29) is 5.56 Å². The predicted octanol–water partition coefficient (Wildman–Crippen LogP) is 5.47. The third-order valence-electron chi connectivity index (χ3n) is 5.58. The molecule has 140 valence electrons. The van der Waals surface area contributed by atoms with Crippen molar-refractivity contribution in [3.8, 4) is 5.75 Å². The van der Waals surface area contributed by atoms with E-state index in [4.69, 9.17) is 4.74 Å². The molecule has 1 N–H and O–H groups in total. The summed E-state index contributed by atoms with van der Waals surface area (Å²) in [5, 5.41) is 11.0. The monoisotopic (exact) mass is 360 g/mol. The lowest BCUT2D eigenvalue weighted by molar-refractivity contribution is -0.00925. The van der Waals surface area contributed by atoms with E-state index in [0.29, 0.717) is 30.7 Å². The van der Waals surface area contributed by atoms with Gasteiger partial charge in [0.2, 0.25) is 0 Å². The fourth-order valence-corrected chi connectivity index (χ4v) is 3.99. The van der Waals surface area contributed by atoms with Gasteiger partial charge in [-0.25, -0.2) is 8.78 Å². The van der Waals surface area contributed by atoms with Crippen molar-refractivity contribution in [1.82, 2.24) is 0 Å². The first-order valence-electron chi connectivity index (χ1n) is 9.32. The van der Waals surface area contributed by atoms with Gasteiger partial charge in [-0.3, -0.25) is 0 Å². The van der Waals surface area contributed by atoms with Crippen molar-refractivity contribution in [1.29, 1.82) is 0 Å². The van der Waals surface area contributed by atoms with E-state index in [1.54, 1.807) is 19.2 Å². The second-order valence-electron chi connectivity index (χ2n) is 7.23. The van der Waals surface area contributed by atoms with Gasteiger partial charge in [0.15, 0.2) is 11.6 Å². The van der Waals surface area contributed by atoms with Crippen molar-refractivity contribution in [3.63, 3.8) is 0 Å². The first-order valence-corrected chi connectivity index (χ1v) is 9.32. The molecule has 0 atom stereocenters. The van der Waals surface area contributed by atoms with Crippen molar-refractivity contribution in [2.75, 3.05) is 7.11 Å². The number of aryl methyl sites for hydroxylation is 1. The SMILES string of the molecule is CCCc1ccc(C2(O)CCC(c3ccc(OC)cc3)CC2)c(F)c1F. The second-order valence-corrected chi connectivity index (χ2v) is 7.23. The van der Waals surface area contributed by atoms with E-state index in [0.717, 1.165) is 25.0 Å². The third-order valence-corrected chi connectivity index (χ3v) is 5.58. The van der Waals surface area contributed by atoms with Crippen LogP contribution in [0.2, 0.25) is 0 Å². The summed E-state index contributed by atoms with van der Waals surface area (Å²) in [5.41, 5.74) is 0.378. The zero-order valence-corrected chi connectivity index (χ0v) is 15.4. The van der Waals surface area contributed by atoms with Crippen molar-refractivity contribution < 1.29 is 18.6 Å². The zero-order chi connectivity index (χ0) is 18.7. The highest BCUT2D eigenvalue weighted by atomic mass is 19.2. The maximum absolute atomic E-state index is 14.6. The van der Waals surface area contributed by atoms with E-state index in [1.807, 2.05) is 31.2 Å². The molecular weight excluding hydrogens is 334 g/mol. The molecule has 1 saturated carbocycles. The van der Waals surface area contributed by atoms with Crippen molar-refractivity contribution in [2.24, 2.45) is 0 Å². The highest BCUT2D eigenvalue weighted by Gasteiger charge is 2.38. The highest BCUT2D eigenvalue weighted by Crippen LogP contribution is 2.44. The fourth-order valence-electron chi connectivity index (χ4n) is 3.99. The average Bonchev–Trinajstić information content (AvgIpc) is 2.66. The maximum atomic E-state index is 14.6. The Morgan fingerprint density at radius 3 is 2.27 bits per heavy atom. The van der Waals surface area contributed by atoms with Gasteiger partial charge >= 0.3 is 0 Å². The molecule has 0 saturated heterocycles. The summed E-state index contributed by atoms with van der Waals surface area (Å²) in [6.07, 6.45) is 3.58. The second kappa shape index (κ2) is 7.75. The minimum absolute atomic E-state index is 0.100. The van der Waals surface area contributed by atoms with Crippen LogP contribution in [0.25, 0.3) is 0 Å². The van der Waals surface area contributed by atoms with Gasteiger partial charge in [-0.15, -0.1) is 0 Å². The van der Waals surface area contributed by atoms with Gasteiger partial charge in [0.05, 0.1) is 12.7 Å². The fraction of sp³-hybridized carbons (Fsp3) is 0.455. The minimum atomic E-state index is -1.29. The molecule has 1 aliphatic carbocycles. The van der Waals surface area contributed by atoms with E-state index < -0.39 is 17.2 Å². The molecule has 2 aromatic rings. The molecule has 0 radical (unpaired) electrons. The third kappa shape index (κ3) is 3.61. The number of hydrogen-bond donors (Lipinski definition) is 1. The molecule has 0 amide bonds. The highest BCUT2D eigenvalue weighted by molar-refractivity contribution is 5.33. The van der Waals surface area contributed by atoms with Gasteiger partial charge in [0.1, 0.15) is 5.75 Å². The van der Waals surface area contributed by atoms with Crippen LogP contribution in [0.4, 0.5) is 8.78 Å². The molecule has 1 aliphatic rings. The molecular formula is C22H26F2O2. The van der Waals surface area contributed by atoms with Gasteiger partial charge in [-0.2, -0.15) is 0 Å². The Kier molecular flexibility index (Phi) is 5.61. The lowest BCUT2D eigenvalue weighted by Crippen LogP contribution is -2.32. The standard InChI is InChI=1S/C22H26F2O2/c1-3-4-17-7-10-19(21(24)20(17)23)22(25)13-11-16(12-14-22)15-5-8-18(26-2)9-6-15/h5-10,16,25H,3-4,11-14H2,1-2H3. The summed E-state index contributed by atoms with van der Waals surface area (Å²) >= 11 is 0. The number of methoxy groups -OCH3 is 1. The van der Waals surface area contributed by atoms with Crippen LogP contribution in [0.1, 0.15) is 61.6 Å². The maximum Gasteiger partial charge on any atom is 0.165 e. The molecule has 0 aliphatic heterocycles. The zero-order valence-electron chi connectivity index (χ0n) is 15.4. The van der Waals surface area contributed by atoms with Crippen molar-refractivity contribution in [3.05, 3.63) is 64.7 Å². The molecule has 1 fully saturated rings. The van der Waals surface area contributed by atoms with Gasteiger partial charge < -0.3 is 9.84 Å². The van der Waals surface area contributed by atoms with Crippen LogP contribution in [0, 0.1) is 11.6 Å². The van der Waals surface area contributed by atoms with Crippen LogP contribution >= 0.6 is 0 Å². The molecule has 4 heteroatoms. The molecule has 26 heavy (non-hydrogen) atoms. The molecule has 0 spiro atoms. The Bertz CT molecular complexity index is 747. The molecule has 3 rings (SSSR count). The molecule has 0 bridgehead atoms. The molecule has 2 aromatic carbocycles. The van der Waals surface area contributed by atoms with Crippen LogP contribution in [0.5, 0.6) is 5.75 Å². The summed E-state index contributed by atoms with van der Waals surface area (Å²) in [6, 6.07) is 11.1. The summed E-state index contributed by atoms with van der Waals surface area (Å²) in [5.74, 6) is -0.573. The summed E-state index contributed by atoms with van der Waals surface area (Å²) in [4.78, 5) is 0. The molecule has 2 nitrogen and oxygen atoms in total. The number of hydrogen-bond acceptors (Lipinski definition) is 2. The van der Waals surface area contributed by atoms with Crippen LogP contribution < -0.4 is 4.74 Å². The van der Waals surface area contributed by atoms with Gasteiger partial charge in [0.25, 0.3) is 0 Å². The van der Waals surface area contributed by atoms with Crippen LogP contribution in [0.15, 0.2) is 36.4 Å². The lowest BCUT2D eigenvalue weighted by Gasteiger charge is -2.37. The average molecular weight is 360 g/mol. The molecule has 0 heterocycles. The first-order chi connectivity index (χ1) is 12.5. The Labute approximate surface area is 153 Å². The Balaban J connectivity index is 1.76. The molecule has 0 aromatic heterocycles. The number of aliphatic hydroxyl groups is 1. The number of halogens is 2. The lowest BCUT2D eigenvalue weighted by atomic mass is 9.73. The van der Waals surface area contributed by atoms with Crippen LogP contribution in [0.3, 0.4) is 0 Å². The van der Waals surface area contributed by atoms with Crippen LogP contribution in [-0.2, 0) is 12.0 Å². The van der Waals surface area contributed by atoms with E-state index >= 15 is 0 Å². The van der Waals surface area contributed by atoms with E-state index in [2.05, 4.69) is 0 Å². The Hall–Kier alpha value is -1.94.